The second kappa shape index (κ2) is 4.67. The molecule has 0 saturated heterocycles. The van der Waals surface area contributed by atoms with Crippen molar-refractivity contribution in [1.29, 1.82) is 0 Å². The van der Waals surface area contributed by atoms with E-state index in [2.05, 4.69) is 0 Å². The van der Waals surface area contributed by atoms with Crippen molar-refractivity contribution in [3.05, 3.63) is 28.8 Å². The Morgan fingerprint density at radius 3 is 2.47 bits per heavy atom. The molecule has 1 heterocycles. The van der Waals surface area contributed by atoms with E-state index in [-0.39, 0.29) is 6.61 Å². The lowest BCUT2D eigenvalue weighted by Crippen LogP contribution is -1.99. The zero-order valence-electron chi connectivity index (χ0n) is 9.45. The van der Waals surface area contributed by atoms with E-state index < -0.39 is 5.97 Å². The van der Waals surface area contributed by atoms with Crippen molar-refractivity contribution in [2.24, 2.45) is 0 Å². The first kappa shape index (κ1) is 11.8. The molecular formula is C12H11ClO4. The molecule has 5 heteroatoms. The summed E-state index contributed by atoms with van der Waals surface area (Å²) in [5, 5.41) is 0.405. The summed E-state index contributed by atoms with van der Waals surface area (Å²) in [6, 6.07) is 5.16. The van der Waals surface area contributed by atoms with E-state index in [0.29, 0.717) is 27.7 Å². The van der Waals surface area contributed by atoms with Crippen LogP contribution in [0.25, 0.3) is 5.57 Å². The van der Waals surface area contributed by atoms with Gasteiger partial charge in [-0.25, -0.2) is 4.79 Å². The highest BCUT2D eigenvalue weighted by molar-refractivity contribution is 6.40. The summed E-state index contributed by atoms with van der Waals surface area (Å²) < 4.78 is 15.1. The minimum Gasteiger partial charge on any atom is -0.493 e. The molecular weight excluding hydrogens is 244 g/mol. The number of methoxy groups -OCH3 is 2. The van der Waals surface area contributed by atoms with Gasteiger partial charge in [-0.1, -0.05) is 17.7 Å². The van der Waals surface area contributed by atoms with E-state index in [1.54, 1.807) is 25.3 Å². The first-order chi connectivity index (χ1) is 8.17. The van der Waals surface area contributed by atoms with Gasteiger partial charge in [-0.15, -0.1) is 0 Å². The normalized spacial score (nSPS) is 14.9. The van der Waals surface area contributed by atoms with Gasteiger partial charge in [0.1, 0.15) is 6.61 Å². The number of carbonyl (C=O) groups excluding carboxylic acids is 1. The van der Waals surface area contributed by atoms with Gasteiger partial charge in [-0.3, -0.25) is 0 Å². The summed E-state index contributed by atoms with van der Waals surface area (Å²) in [6.45, 7) is 0.129. The van der Waals surface area contributed by atoms with Crippen molar-refractivity contribution in [2.75, 3.05) is 20.8 Å². The Morgan fingerprint density at radius 1 is 1.24 bits per heavy atom. The lowest BCUT2D eigenvalue weighted by molar-refractivity contribution is -0.133. The Morgan fingerprint density at radius 2 is 1.94 bits per heavy atom. The Bertz CT molecular complexity index is 493. The maximum atomic E-state index is 11.5. The van der Waals surface area contributed by atoms with Crippen LogP contribution >= 0.6 is 11.6 Å². The Kier molecular flexibility index (Phi) is 3.24. The van der Waals surface area contributed by atoms with E-state index in [9.17, 15) is 4.79 Å². The maximum absolute atomic E-state index is 11.5. The average Bonchev–Trinajstić information content (AvgIpc) is 2.68. The van der Waals surface area contributed by atoms with Crippen molar-refractivity contribution in [2.45, 2.75) is 0 Å². The molecule has 1 aromatic carbocycles. The number of benzene rings is 1. The average molecular weight is 255 g/mol. The molecule has 1 aliphatic heterocycles. The number of esters is 1. The lowest BCUT2D eigenvalue weighted by Gasteiger charge is -2.09. The summed E-state index contributed by atoms with van der Waals surface area (Å²) in [7, 11) is 3.08. The fourth-order valence-electron chi connectivity index (χ4n) is 1.65. The number of halogens is 1. The van der Waals surface area contributed by atoms with Gasteiger partial charge in [0.15, 0.2) is 11.5 Å². The number of hydrogen-bond acceptors (Lipinski definition) is 4. The minimum atomic E-state index is -0.415. The van der Waals surface area contributed by atoms with Gasteiger partial charge in [-0.05, 0) is 17.7 Å². The number of ether oxygens (including phenoxy) is 3. The summed E-state index contributed by atoms with van der Waals surface area (Å²) in [6.07, 6.45) is 0. The van der Waals surface area contributed by atoms with Crippen LogP contribution < -0.4 is 9.47 Å². The van der Waals surface area contributed by atoms with Crippen molar-refractivity contribution < 1.29 is 19.0 Å². The maximum Gasteiger partial charge on any atom is 0.340 e. The molecule has 0 amide bonds. The first-order valence-electron chi connectivity index (χ1n) is 4.95. The Hall–Kier alpha value is -1.68. The summed E-state index contributed by atoms with van der Waals surface area (Å²) >= 11 is 5.94. The van der Waals surface area contributed by atoms with Crippen molar-refractivity contribution in [3.63, 3.8) is 0 Å². The highest BCUT2D eigenvalue weighted by Gasteiger charge is 2.25. The SMILES string of the molecule is COc1ccc(C2=C(Cl)COC2=O)cc1OC. The highest BCUT2D eigenvalue weighted by atomic mass is 35.5. The highest BCUT2D eigenvalue weighted by Crippen LogP contribution is 2.34. The first-order valence-corrected chi connectivity index (χ1v) is 5.33. The zero-order valence-corrected chi connectivity index (χ0v) is 10.2. The van der Waals surface area contributed by atoms with Crippen LogP contribution in [-0.4, -0.2) is 26.8 Å². The third-order valence-corrected chi connectivity index (χ3v) is 2.78. The van der Waals surface area contributed by atoms with Crippen LogP contribution in [0.2, 0.25) is 0 Å². The third-order valence-electron chi connectivity index (χ3n) is 2.48. The van der Waals surface area contributed by atoms with E-state index in [1.807, 2.05) is 0 Å². The molecule has 17 heavy (non-hydrogen) atoms. The largest absolute Gasteiger partial charge is 0.493 e. The summed E-state index contributed by atoms with van der Waals surface area (Å²) in [4.78, 5) is 11.5. The van der Waals surface area contributed by atoms with Crippen molar-refractivity contribution in [3.8, 4) is 11.5 Å². The summed E-state index contributed by atoms with van der Waals surface area (Å²) in [5.41, 5.74) is 1.04. The Balaban J connectivity index is 2.47. The summed E-state index contributed by atoms with van der Waals surface area (Å²) in [5.74, 6) is 0.725. The fourth-order valence-corrected chi connectivity index (χ4v) is 1.89. The molecule has 0 saturated carbocycles. The van der Waals surface area contributed by atoms with Crippen LogP contribution in [0.5, 0.6) is 11.5 Å². The molecule has 0 fully saturated rings. The van der Waals surface area contributed by atoms with Gasteiger partial charge in [0.2, 0.25) is 0 Å². The third kappa shape index (κ3) is 2.08. The molecule has 1 aromatic rings. The second-order valence-electron chi connectivity index (χ2n) is 3.43. The minimum absolute atomic E-state index is 0.129. The molecule has 2 rings (SSSR count). The molecule has 0 atom stereocenters. The topological polar surface area (TPSA) is 44.8 Å². The molecule has 0 N–H and O–H groups in total. The van der Waals surface area contributed by atoms with Gasteiger partial charge < -0.3 is 14.2 Å². The lowest BCUT2D eigenvalue weighted by atomic mass is 10.1. The molecule has 0 aromatic heterocycles. The van der Waals surface area contributed by atoms with Crippen LogP contribution in [0.3, 0.4) is 0 Å². The van der Waals surface area contributed by atoms with Crippen molar-refractivity contribution >= 4 is 23.1 Å². The van der Waals surface area contributed by atoms with E-state index in [1.165, 1.54) is 7.11 Å². The molecule has 1 aliphatic rings. The van der Waals surface area contributed by atoms with Crippen LogP contribution in [-0.2, 0) is 9.53 Å². The molecule has 0 aliphatic carbocycles. The van der Waals surface area contributed by atoms with Gasteiger partial charge in [-0.2, -0.15) is 0 Å². The fraction of sp³-hybridized carbons (Fsp3) is 0.250. The predicted molar refractivity (Wildman–Crippen MR) is 63.3 cm³/mol. The number of carbonyl (C=O) groups is 1. The standard InChI is InChI=1S/C12H11ClO4/c1-15-9-4-3-7(5-10(9)16-2)11-8(13)6-17-12(11)14/h3-5H,6H2,1-2H3. The monoisotopic (exact) mass is 254 g/mol. The van der Waals surface area contributed by atoms with Crippen LogP contribution in [0.1, 0.15) is 5.56 Å². The molecule has 0 bridgehead atoms. The predicted octanol–water partition coefficient (Wildman–Crippen LogP) is 2.21. The molecule has 0 unspecified atom stereocenters. The van der Waals surface area contributed by atoms with Crippen LogP contribution in [0.4, 0.5) is 0 Å². The van der Waals surface area contributed by atoms with E-state index in [0.717, 1.165) is 0 Å². The van der Waals surface area contributed by atoms with E-state index in [4.69, 9.17) is 25.8 Å². The second-order valence-corrected chi connectivity index (χ2v) is 3.88. The van der Waals surface area contributed by atoms with Gasteiger partial charge in [0.05, 0.1) is 24.8 Å². The van der Waals surface area contributed by atoms with Gasteiger partial charge >= 0.3 is 5.97 Å². The van der Waals surface area contributed by atoms with Gasteiger partial charge in [0, 0.05) is 0 Å². The molecule has 0 spiro atoms. The smallest absolute Gasteiger partial charge is 0.340 e. The van der Waals surface area contributed by atoms with E-state index >= 15 is 0 Å². The number of rotatable bonds is 3. The molecule has 0 radical (unpaired) electrons. The zero-order chi connectivity index (χ0) is 12.4. The molecule has 4 nitrogen and oxygen atoms in total. The molecule has 90 valence electrons. The van der Waals surface area contributed by atoms with Crippen LogP contribution in [0, 0.1) is 0 Å². The number of hydrogen-bond donors (Lipinski definition) is 0. The number of cyclic esters (lactones) is 1. The van der Waals surface area contributed by atoms with Gasteiger partial charge in [0.25, 0.3) is 0 Å². The van der Waals surface area contributed by atoms with Crippen LogP contribution in [0.15, 0.2) is 23.2 Å². The van der Waals surface area contributed by atoms with Crippen molar-refractivity contribution in [1.82, 2.24) is 0 Å². The quantitative estimate of drug-likeness (QED) is 0.776. The Labute approximate surface area is 104 Å².